The second-order valence-electron chi connectivity index (χ2n) is 6.30. The van der Waals surface area contributed by atoms with Gasteiger partial charge in [-0.15, -0.1) is 11.3 Å². The molecule has 0 radical (unpaired) electrons. The lowest BCUT2D eigenvalue weighted by Gasteiger charge is -2.21. The van der Waals surface area contributed by atoms with Crippen molar-refractivity contribution in [3.05, 3.63) is 41.3 Å². The van der Waals surface area contributed by atoms with Gasteiger partial charge < -0.3 is 15.4 Å². The van der Waals surface area contributed by atoms with Crippen LogP contribution in [0.25, 0.3) is 10.4 Å². The first-order valence-electron chi connectivity index (χ1n) is 8.18. The molecule has 0 aliphatic rings. The van der Waals surface area contributed by atoms with Crippen molar-refractivity contribution in [2.24, 2.45) is 11.7 Å². The largest absolute Gasteiger partial charge is 0.495 e. The minimum Gasteiger partial charge on any atom is -0.495 e. The molecule has 1 heterocycles. The lowest BCUT2D eigenvalue weighted by molar-refractivity contribution is 0.0791. The smallest absolute Gasteiger partial charge is 0.267 e. The van der Waals surface area contributed by atoms with Gasteiger partial charge in [-0.2, -0.15) is 0 Å². The number of nitrogens with two attached hydrogens (primary N) is 1. The predicted octanol–water partition coefficient (Wildman–Crippen LogP) is 3.87. The van der Waals surface area contributed by atoms with Gasteiger partial charge in [0.15, 0.2) is 0 Å². The SMILES string of the molecule is COc1cc(-c2ccccc2)sc1C(=O)N(C)CCC(N)C(C)C. The average Bonchev–Trinajstić information content (AvgIpc) is 3.03. The van der Waals surface area contributed by atoms with Gasteiger partial charge in [-0.25, -0.2) is 0 Å². The lowest BCUT2D eigenvalue weighted by Crippen LogP contribution is -2.34. The molecule has 130 valence electrons. The zero-order valence-electron chi connectivity index (χ0n) is 14.8. The Morgan fingerprint density at radius 2 is 1.96 bits per heavy atom. The van der Waals surface area contributed by atoms with E-state index in [4.69, 9.17) is 10.5 Å². The molecular weight excluding hydrogens is 320 g/mol. The molecule has 5 heteroatoms. The summed E-state index contributed by atoms with van der Waals surface area (Å²) in [6, 6.07) is 12.1. The highest BCUT2D eigenvalue weighted by Gasteiger charge is 2.21. The first-order chi connectivity index (χ1) is 11.4. The molecule has 1 atom stereocenters. The topological polar surface area (TPSA) is 55.6 Å². The van der Waals surface area contributed by atoms with Crippen LogP contribution in [0.15, 0.2) is 36.4 Å². The van der Waals surface area contributed by atoms with Gasteiger partial charge in [0.25, 0.3) is 5.91 Å². The summed E-state index contributed by atoms with van der Waals surface area (Å²) >= 11 is 1.47. The van der Waals surface area contributed by atoms with Crippen LogP contribution < -0.4 is 10.5 Å². The maximum atomic E-state index is 12.8. The lowest BCUT2D eigenvalue weighted by atomic mass is 10.0. The number of nitrogens with zero attached hydrogens (tertiary/aromatic N) is 1. The third-order valence-electron chi connectivity index (χ3n) is 4.17. The van der Waals surface area contributed by atoms with Crippen LogP contribution >= 0.6 is 11.3 Å². The van der Waals surface area contributed by atoms with Crippen LogP contribution in [-0.4, -0.2) is 37.6 Å². The monoisotopic (exact) mass is 346 g/mol. The number of amides is 1. The highest BCUT2D eigenvalue weighted by Crippen LogP contribution is 2.36. The van der Waals surface area contributed by atoms with Crippen molar-refractivity contribution in [1.82, 2.24) is 4.90 Å². The third-order valence-corrected chi connectivity index (χ3v) is 5.32. The van der Waals surface area contributed by atoms with E-state index >= 15 is 0 Å². The fraction of sp³-hybridized carbons (Fsp3) is 0.421. The fourth-order valence-corrected chi connectivity index (χ4v) is 3.50. The van der Waals surface area contributed by atoms with Crippen molar-refractivity contribution in [1.29, 1.82) is 0 Å². The van der Waals surface area contributed by atoms with Gasteiger partial charge in [0, 0.05) is 24.5 Å². The predicted molar refractivity (Wildman–Crippen MR) is 101 cm³/mol. The van der Waals surface area contributed by atoms with Gasteiger partial charge in [-0.3, -0.25) is 4.79 Å². The molecule has 4 nitrogen and oxygen atoms in total. The van der Waals surface area contributed by atoms with Gasteiger partial charge in [0.1, 0.15) is 10.6 Å². The van der Waals surface area contributed by atoms with E-state index in [1.54, 1.807) is 12.0 Å². The maximum absolute atomic E-state index is 12.8. The highest BCUT2D eigenvalue weighted by molar-refractivity contribution is 7.17. The molecule has 0 spiro atoms. The van der Waals surface area contributed by atoms with Gasteiger partial charge >= 0.3 is 0 Å². The van der Waals surface area contributed by atoms with Gasteiger partial charge in [-0.1, -0.05) is 44.2 Å². The molecule has 2 N–H and O–H groups in total. The zero-order valence-corrected chi connectivity index (χ0v) is 15.6. The Bertz CT molecular complexity index is 667. The number of thiophene rings is 1. The van der Waals surface area contributed by atoms with E-state index in [9.17, 15) is 4.79 Å². The summed E-state index contributed by atoms with van der Waals surface area (Å²) in [5.74, 6) is 1.02. The number of benzene rings is 1. The molecule has 0 aliphatic carbocycles. The van der Waals surface area contributed by atoms with E-state index in [-0.39, 0.29) is 11.9 Å². The Balaban J connectivity index is 2.15. The van der Waals surface area contributed by atoms with Crippen molar-refractivity contribution >= 4 is 17.2 Å². The Morgan fingerprint density at radius 3 is 2.54 bits per heavy atom. The molecule has 0 fully saturated rings. The number of methoxy groups -OCH3 is 1. The van der Waals surface area contributed by atoms with Crippen molar-refractivity contribution in [3.63, 3.8) is 0 Å². The minimum atomic E-state index is -0.0185. The Labute approximate surface area is 148 Å². The molecule has 0 aliphatic heterocycles. The van der Waals surface area contributed by atoms with Gasteiger partial charge in [-0.05, 0) is 24.0 Å². The number of rotatable bonds is 7. The molecule has 24 heavy (non-hydrogen) atoms. The van der Waals surface area contributed by atoms with E-state index in [1.807, 2.05) is 43.4 Å². The Hall–Kier alpha value is -1.85. The summed E-state index contributed by atoms with van der Waals surface area (Å²) in [5.41, 5.74) is 7.17. The molecule has 2 aromatic rings. The average molecular weight is 346 g/mol. The summed E-state index contributed by atoms with van der Waals surface area (Å²) in [7, 11) is 3.42. The number of ether oxygens (including phenoxy) is 1. The molecular formula is C19H26N2O2S. The van der Waals surface area contributed by atoms with E-state index in [2.05, 4.69) is 13.8 Å². The van der Waals surface area contributed by atoms with Gasteiger partial charge in [0.2, 0.25) is 0 Å². The first kappa shape index (κ1) is 18.5. The van der Waals surface area contributed by atoms with Crippen LogP contribution in [0.1, 0.15) is 29.9 Å². The second-order valence-corrected chi connectivity index (χ2v) is 7.35. The van der Waals surface area contributed by atoms with Crippen molar-refractivity contribution < 1.29 is 9.53 Å². The Kier molecular flexibility index (Phi) is 6.40. The summed E-state index contributed by atoms with van der Waals surface area (Å²) in [6.45, 7) is 4.84. The van der Waals surface area contributed by atoms with Crippen molar-refractivity contribution in [3.8, 4) is 16.2 Å². The zero-order chi connectivity index (χ0) is 17.7. The molecule has 1 unspecified atom stereocenters. The van der Waals surface area contributed by atoms with Crippen molar-refractivity contribution in [2.45, 2.75) is 26.3 Å². The van der Waals surface area contributed by atoms with Gasteiger partial charge in [0.05, 0.1) is 7.11 Å². The summed E-state index contributed by atoms with van der Waals surface area (Å²) < 4.78 is 5.42. The molecule has 1 amide bonds. The molecule has 0 bridgehead atoms. The van der Waals surface area contributed by atoms with Crippen LogP contribution in [0.2, 0.25) is 0 Å². The van der Waals surface area contributed by atoms with Crippen LogP contribution in [-0.2, 0) is 0 Å². The Morgan fingerprint density at radius 1 is 1.29 bits per heavy atom. The molecule has 0 saturated heterocycles. The summed E-state index contributed by atoms with van der Waals surface area (Å²) in [6.07, 6.45) is 0.791. The van der Waals surface area contributed by atoms with Crippen LogP contribution in [0, 0.1) is 5.92 Å². The van der Waals surface area contributed by atoms with Crippen molar-refractivity contribution in [2.75, 3.05) is 20.7 Å². The first-order valence-corrected chi connectivity index (χ1v) is 9.00. The van der Waals surface area contributed by atoms with E-state index in [0.29, 0.717) is 23.1 Å². The normalized spacial score (nSPS) is 12.2. The third kappa shape index (κ3) is 4.36. The standard InChI is InChI=1S/C19H26N2O2S/c1-13(2)15(20)10-11-21(3)19(22)18-16(23-4)12-17(24-18)14-8-6-5-7-9-14/h5-9,12-13,15H,10-11,20H2,1-4H3. The van der Waals surface area contributed by atoms with E-state index in [1.165, 1.54) is 11.3 Å². The quantitative estimate of drug-likeness (QED) is 0.828. The fourth-order valence-electron chi connectivity index (χ4n) is 2.37. The van der Waals surface area contributed by atoms with E-state index in [0.717, 1.165) is 16.9 Å². The van der Waals surface area contributed by atoms with E-state index < -0.39 is 0 Å². The molecule has 2 rings (SSSR count). The second kappa shape index (κ2) is 8.31. The molecule has 1 aromatic carbocycles. The number of carbonyl (C=O) groups excluding carboxylic acids is 1. The summed E-state index contributed by atoms with van der Waals surface area (Å²) in [4.78, 5) is 16.2. The number of hydrogen-bond donors (Lipinski definition) is 1. The minimum absolute atomic E-state index is 0.0185. The highest BCUT2D eigenvalue weighted by atomic mass is 32.1. The summed E-state index contributed by atoms with van der Waals surface area (Å²) in [5, 5.41) is 0. The molecule has 0 saturated carbocycles. The van der Waals surface area contributed by atoms with Crippen LogP contribution in [0.3, 0.4) is 0 Å². The maximum Gasteiger partial charge on any atom is 0.267 e. The molecule has 1 aromatic heterocycles. The number of carbonyl (C=O) groups is 1. The number of hydrogen-bond acceptors (Lipinski definition) is 4. The van der Waals surface area contributed by atoms with Crippen LogP contribution in [0.4, 0.5) is 0 Å². The van der Waals surface area contributed by atoms with Crippen LogP contribution in [0.5, 0.6) is 5.75 Å².